The van der Waals surface area contributed by atoms with E-state index in [-0.39, 0.29) is 5.56 Å². The predicted octanol–water partition coefficient (Wildman–Crippen LogP) is 6.39. The highest BCUT2D eigenvalue weighted by molar-refractivity contribution is 9.11. The van der Waals surface area contributed by atoms with E-state index in [4.69, 9.17) is 4.98 Å². The zero-order valence-corrected chi connectivity index (χ0v) is 18.2. The average Bonchev–Trinajstić information content (AvgIpc) is 2.69. The maximum Gasteiger partial charge on any atom is 0.266 e. The SMILES string of the molecule is Cc1cccc(/C=C/c2nc3ccccc3c(=O)n2-c2cc(Br)ccc2Br)c1. The first-order valence-corrected chi connectivity index (χ1v) is 10.3. The highest BCUT2D eigenvalue weighted by atomic mass is 79.9. The van der Waals surface area contributed by atoms with Gasteiger partial charge in [0.25, 0.3) is 5.56 Å². The molecule has 0 unspecified atom stereocenters. The third-order valence-corrected chi connectivity index (χ3v) is 5.58. The molecule has 3 aromatic carbocycles. The molecule has 0 saturated heterocycles. The summed E-state index contributed by atoms with van der Waals surface area (Å²) in [5.41, 5.74) is 3.55. The summed E-state index contributed by atoms with van der Waals surface area (Å²) < 4.78 is 3.35. The largest absolute Gasteiger partial charge is 0.268 e. The second-order valence-electron chi connectivity index (χ2n) is 6.47. The smallest absolute Gasteiger partial charge is 0.266 e. The van der Waals surface area contributed by atoms with Crippen LogP contribution >= 0.6 is 31.9 Å². The monoisotopic (exact) mass is 494 g/mol. The normalized spacial score (nSPS) is 11.4. The van der Waals surface area contributed by atoms with E-state index >= 15 is 0 Å². The quantitative estimate of drug-likeness (QED) is 0.330. The van der Waals surface area contributed by atoms with Crippen LogP contribution < -0.4 is 5.56 Å². The fourth-order valence-electron chi connectivity index (χ4n) is 3.10. The van der Waals surface area contributed by atoms with E-state index in [2.05, 4.69) is 50.9 Å². The summed E-state index contributed by atoms with van der Waals surface area (Å²) in [6.45, 7) is 2.06. The highest BCUT2D eigenvalue weighted by Gasteiger charge is 2.13. The first kappa shape index (κ1) is 18.8. The van der Waals surface area contributed by atoms with Gasteiger partial charge in [-0.1, -0.05) is 64.0 Å². The van der Waals surface area contributed by atoms with Crippen LogP contribution in [0.25, 0.3) is 28.7 Å². The van der Waals surface area contributed by atoms with Crippen molar-refractivity contribution >= 4 is 54.9 Å². The van der Waals surface area contributed by atoms with Crippen molar-refractivity contribution in [2.24, 2.45) is 0 Å². The zero-order chi connectivity index (χ0) is 19.7. The van der Waals surface area contributed by atoms with Gasteiger partial charge in [-0.3, -0.25) is 9.36 Å². The van der Waals surface area contributed by atoms with Crippen molar-refractivity contribution in [1.29, 1.82) is 0 Å². The lowest BCUT2D eigenvalue weighted by Crippen LogP contribution is -2.22. The first-order valence-electron chi connectivity index (χ1n) is 8.75. The lowest BCUT2D eigenvalue weighted by molar-refractivity contribution is 0.938. The van der Waals surface area contributed by atoms with E-state index in [0.717, 1.165) is 20.2 Å². The molecule has 1 aromatic heterocycles. The molecule has 4 aromatic rings. The van der Waals surface area contributed by atoms with Gasteiger partial charge >= 0.3 is 0 Å². The van der Waals surface area contributed by atoms with Gasteiger partial charge in [0.15, 0.2) is 0 Å². The molecule has 138 valence electrons. The third kappa shape index (κ3) is 3.73. The van der Waals surface area contributed by atoms with Crippen LogP contribution in [0.2, 0.25) is 0 Å². The van der Waals surface area contributed by atoms with Crippen LogP contribution in [0.3, 0.4) is 0 Å². The van der Waals surface area contributed by atoms with E-state index in [1.807, 2.05) is 60.7 Å². The molecule has 0 aliphatic carbocycles. The van der Waals surface area contributed by atoms with Crippen LogP contribution in [0.1, 0.15) is 17.0 Å². The van der Waals surface area contributed by atoms with Crippen LogP contribution in [0, 0.1) is 6.92 Å². The molecule has 0 aliphatic heterocycles. The van der Waals surface area contributed by atoms with Crippen LogP contribution in [0.5, 0.6) is 0 Å². The molecule has 0 spiro atoms. The first-order chi connectivity index (χ1) is 13.5. The van der Waals surface area contributed by atoms with Crippen molar-refractivity contribution in [3.8, 4) is 5.69 Å². The van der Waals surface area contributed by atoms with E-state index in [1.165, 1.54) is 5.56 Å². The second kappa shape index (κ2) is 7.86. The Balaban J connectivity index is 1.99. The maximum absolute atomic E-state index is 13.3. The number of halogens is 2. The Morgan fingerprint density at radius 3 is 2.57 bits per heavy atom. The van der Waals surface area contributed by atoms with Crippen molar-refractivity contribution in [3.63, 3.8) is 0 Å². The van der Waals surface area contributed by atoms with Gasteiger partial charge < -0.3 is 0 Å². The minimum absolute atomic E-state index is 0.103. The summed E-state index contributed by atoms with van der Waals surface area (Å²) in [7, 11) is 0. The lowest BCUT2D eigenvalue weighted by atomic mass is 10.1. The van der Waals surface area contributed by atoms with Crippen LogP contribution in [0.4, 0.5) is 0 Å². The Labute approximate surface area is 179 Å². The fraction of sp³-hybridized carbons (Fsp3) is 0.0435. The number of aryl methyl sites for hydroxylation is 1. The molecule has 28 heavy (non-hydrogen) atoms. The molecule has 0 bridgehead atoms. The third-order valence-electron chi connectivity index (χ3n) is 4.42. The molecule has 0 radical (unpaired) electrons. The van der Waals surface area contributed by atoms with Crippen molar-refractivity contribution < 1.29 is 0 Å². The summed E-state index contributed by atoms with van der Waals surface area (Å²) in [6, 6.07) is 21.4. The molecule has 0 aliphatic rings. The Morgan fingerprint density at radius 2 is 1.75 bits per heavy atom. The van der Waals surface area contributed by atoms with Crippen LogP contribution in [-0.4, -0.2) is 9.55 Å². The molecule has 0 N–H and O–H groups in total. The molecular formula is C23H16Br2N2O. The minimum atomic E-state index is -0.103. The Hall–Kier alpha value is -2.50. The summed E-state index contributed by atoms with van der Waals surface area (Å²) in [5.74, 6) is 0.573. The molecular weight excluding hydrogens is 480 g/mol. The van der Waals surface area contributed by atoms with E-state index < -0.39 is 0 Å². The van der Waals surface area contributed by atoms with Gasteiger partial charge in [0, 0.05) is 8.95 Å². The topological polar surface area (TPSA) is 34.9 Å². The van der Waals surface area contributed by atoms with E-state index in [1.54, 1.807) is 10.6 Å². The van der Waals surface area contributed by atoms with Gasteiger partial charge in [0.05, 0.1) is 16.6 Å². The standard InChI is InChI=1S/C23H16Br2N2O/c1-15-5-4-6-16(13-15)9-12-22-26-20-8-3-2-7-18(20)23(28)27(22)21-14-17(24)10-11-19(21)25/h2-14H,1H3/b12-9+. The molecule has 3 nitrogen and oxygen atoms in total. The van der Waals surface area contributed by atoms with Crippen molar-refractivity contribution in [3.05, 3.63) is 103 Å². The van der Waals surface area contributed by atoms with E-state index in [9.17, 15) is 4.79 Å². The second-order valence-corrected chi connectivity index (χ2v) is 8.24. The van der Waals surface area contributed by atoms with Gasteiger partial charge in [-0.15, -0.1) is 0 Å². The number of hydrogen-bond acceptors (Lipinski definition) is 2. The fourth-order valence-corrected chi connectivity index (χ4v) is 3.87. The van der Waals surface area contributed by atoms with Crippen molar-refractivity contribution in [2.45, 2.75) is 6.92 Å². The van der Waals surface area contributed by atoms with Crippen molar-refractivity contribution in [1.82, 2.24) is 9.55 Å². The highest BCUT2D eigenvalue weighted by Crippen LogP contribution is 2.26. The van der Waals surface area contributed by atoms with E-state index in [0.29, 0.717) is 16.7 Å². The Kier molecular flexibility index (Phi) is 5.29. The Bertz CT molecular complexity index is 1280. The summed E-state index contributed by atoms with van der Waals surface area (Å²) >= 11 is 7.07. The van der Waals surface area contributed by atoms with Crippen molar-refractivity contribution in [2.75, 3.05) is 0 Å². The number of rotatable bonds is 3. The van der Waals surface area contributed by atoms with Gasteiger partial charge in [-0.05, 0) is 64.8 Å². The molecule has 4 rings (SSSR count). The van der Waals surface area contributed by atoms with Gasteiger partial charge in [-0.2, -0.15) is 0 Å². The van der Waals surface area contributed by atoms with Gasteiger partial charge in [-0.25, -0.2) is 4.98 Å². The summed E-state index contributed by atoms with van der Waals surface area (Å²) in [4.78, 5) is 18.1. The number of para-hydroxylation sites is 1. The average molecular weight is 496 g/mol. The molecule has 0 atom stereocenters. The van der Waals surface area contributed by atoms with Crippen LogP contribution in [-0.2, 0) is 0 Å². The Morgan fingerprint density at radius 1 is 0.929 bits per heavy atom. The maximum atomic E-state index is 13.3. The number of fused-ring (bicyclic) bond motifs is 1. The predicted molar refractivity (Wildman–Crippen MR) is 123 cm³/mol. The summed E-state index contributed by atoms with van der Waals surface area (Å²) in [6.07, 6.45) is 3.86. The van der Waals surface area contributed by atoms with Gasteiger partial charge in [0.1, 0.15) is 5.82 Å². The summed E-state index contributed by atoms with van der Waals surface area (Å²) in [5, 5.41) is 0.585. The molecule has 1 heterocycles. The molecule has 5 heteroatoms. The molecule has 0 fully saturated rings. The molecule has 0 saturated carbocycles. The van der Waals surface area contributed by atoms with Gasteiger partial charge in [0.2, 0.25) is 0 Å². The minimum Gasteiger partial charge on any atom is -0.268 e. The molecule has 0 amide bonds. The lowest BCUT2D eigenvalue weighted by Gasteiger charge is -2.13. The zero-order valence-electron chi connectivity index (χ0n) is 15.1. The number of nitrogens with zero attached hydrogens (tertiary/aromatic N) is 2. The number of benzene rings is 3. The number of hydrogen-bond donors (Lipinski definition) is 0. The van der Waals surface area contributed by atoms with Crippen LogP contribution in [0.15, 0.2) is 80.5 Å². The number of aromatic nitrogens is 2.